The van der Waals surface area contributed by atoms with Gasteiger partial charge < -0.3 is 4.98 Å². The van der Waals surface area contributed by atoms with Crippen LogP contribution in [0.4, 0.5) is 4.39 Å². The zero-order valence-electron chi connectivity index (χ0n) is 13.4. The number of aromatic nitrogens is 7. The predicted molar refractivity (Wildman–Crippen MR) is 92.3 cm³/mol. The number of nitrogens with one attached hydrogen (secondary N) is 1. The average Bonchev–Trinajstić information content (AvgIpc) is 3.27. The van der Waals surface area contributed by atoms with Crippen LogP contribution in [-0.2, 0) is 13.0 Å². The zero-order valence-corrected chi connectivity index (χ0v) is 13.4. The molecule has 1 N–H and O–H groups in total. The second-order valence-corrected chi connectivity index (χ2v) is 5.97. The SMILES string of the molecule is O=c1c2nnc3ccnn3c2ncn1CCc1c[nH]c2ccc(F)cc12. The lowest BCUT2D eigenvalue weighted by Gasteiger charge is -2.06. The van der Waals surface area contributed by atoms with Crippen LogP contribution < -0.4 is 5.56 Å². The van der Waals surface area contributed by atoms with E-state index in [1.165, 1.54) is 27.5 Å². The van der Waals surface area contributed by atoms with Crippen LogP contribution in [-0.4, -0.2) is 34.3 Å². The van der Waals surface area contributed by atoms with E-state index in [-0.39, 0.29) is 16.9 Å². The van der Waals surface area contributed by atoms with Gasteiger partial charge in [0.25, 0.3) is 5.56 Å². The molecule has 1 aromatic carbocycles. The maximum atomic E-state index is 13.5. The molecule has 0 aliphatic heterocycles. The summed E-state index contributed by atoms with van der Waals surface area (Å²) in [5, 5.41) is 12.9. The monoisotopic (exact) mass is 349 g/mol. The summed E-state index contributed by atoms with van der Waals surface area (Å²) in [4.78, 5) is 20.1. The second-order valence-electron chi connectivity index (χ2n) is 5.97. The molecule has 0 saturated carbocycles. The highest BCUT2D eigenvalue weighted by Gasteiger charge is 2.12. The molecule has 8 nitrogen and oxygen atoms in total. The van der Waals surface area contributed by atoms with Crippen LogP contribution in [0.3, 0.4) is 0 Å². The van der Waals surface area contributed by atoms with Crippen LogP contribution in [0.2, 0.25) is 0 Å². The van der Waals surface area contributed by atoms with E-state index in [1.54, 1.807) is 18.3 Å². The molecule has 0 saturated heterocycles. The summed E-state index contributed by atoms with van der Waals surface area (Å²) < 4.78 is 16.5. The Labute approximate surface area is 144 Å². The number of aryl methyl sites for hydroxylation is 2. The van der Waals surface area contributed by atoms with E-state index in [9.17, 15) is 9.18 Å². The van der Waals surface area contributed by atoms with Crippen LogP contribution in [0.5, 0.6) is 0 Å². The van der Waals surface area contributed by atoms with Gasteiger partial charge in [-0.25, -0.2) is 9.37 Å². The van der Waals surface area contributed by atoms with E-state index < -0.39 is 0 Å². The Hall–Kier alpha value is -3.62. The number of fused-ring (bicyclic) bond motifs is 4. The first-order valence-corrected chi connectivity index (χ1v) is 8.02. The molecule has 0 aliphatic rings. The number of halogens is 1. The van der Waals surface area contributed by atoms with Crippen LogP contribution in [0, 0.1) is 5.82 Å². The van der Waals surface area contributed by atoms with Crippen molar-refractivity contribution in [3.63, 3.8) is 0 Å². The van der Waals surface area contributed by atoms with Crippen LogP contribution in [0.1, 0.15) is 5.56 Å². The molecule has 0 aliphatic carbocycles. The lowest BCUT2D eigenvalue weighted by atomic mass is 10.1. The van der Waals surface area contributed by atoms with Crippen molar-refractivity contribution in [3.8, 4) is 0 Å². The highest BCUT2D eigenvalue weighted by molar-refractivity contribution is 5.83. The summed E-state index contributed by atoms with van der Waals surface area (Å²) in [5.41, 5.74) is 2.57. The molecular formula is C17H12FN7O. The summed E-state index contributed by atoms with van der Waals surface area (Å²) in [6.45, 7) is 0.393. The third-order valence-electron chi connectivity index (χ3n) is 4.42. The first-order chi connectivity index (χ1) is 12.7. The number of hydrogen-bond donors (Lipinski definition) is 1. The van der Waals surface area contributed by atoms with Gasteiger partial charge in [-0.05, 0) is 30.2 Å². The molecule has 0 unspecified atom stereocenters. The van der Waals surface area contributed by atoms with Gasteiger partial charge in [0.05, 0.1) is 6.20 Å². The summed E-state index contributed by atoms with van der Waals surface area (Å²) in [5.74, 6) is -0.290. The standard InChI is InChI=1S/C17H12FN7O/c18-11-1-2-13-12(7-11)10(8-19-13)4-6-24-9-20-16-15(17(24)26)23-22-14-3-5-21-25(14)16/h1-3,5,7-9,19H,4,6H2. The number of hydrogen-bond acceptors (Lipinski definition) is 5. The summed E-state index contributed by atoms with van der Waals surface area (Å²) in [7, 11) is 0. The third-order valence-corrected chi connectivity index (χ3v) is 4.42. The fraction of sp³-hybridized carbons (Fsp3) is 0.118. The largest absolute Gasteiger partial charge is 0.361 e. The van der Waals surface area contributed by atoms with E-state index in [0.29, 0.717) is 24.3 Å². The van der Waals surface area contributed by atoms with Crippen molar-refractivity contribution in [2.45, 2.75) is 13.0 Å². The van der Waals surface area contributed by atoms with Crippen molar-refractivity contribution in [2.75, 3.05) is 0 Å². The second kappa shape index (κ2) is 5.45. The van der Waals surface area contributed by atoms with E-state index in [2.05, 4.69) is 25.3 Å². The molecule has 0 fully saturated rings. The van der Waals surface area contributed by atoms with Gasteiger partial charge in [-0.15, -0.1) is 10.2 Å². The highest BCUT2D eigenvalue weighted by atomic mass is 19.1. The quantitative estimate of drug-likeness (QED) is 0.535. The first-order valence-electron chi connectivity index (χ1n) is 8.02. The van der Waals surface area contributed by atoms with Crippen molar-refractivity contribution in [1.29, 1.82) is 0 Å². The maximum Gasteiger partial charge on any atom is 0.283 e. The molecule has 26 heavy (non-hydrogen) atoms. The minimum Gasteiger partial charge on any atom is -0.361 e. The Bertz CT molecular complexity index is 1330. The van der Waals surface area contributed by atoms with Gasteiger partial charge in [-0.1, -0.05) is 0 Å². The van der Waals surface area contributed by atoms with Gasteiger partial charge in [0, 0.05) is 29.7 Å². The first kappa shape index (κ1) is 14.7. The Morgan fingerprint density at radius 2 is 2.12 bits per heavy atom. The van der Waals surface area contributed by atoms with Gasteiger partial charge in [0.15, 0.2) is 16.8 Å². The van der Waals surface area contributed by atoms with Gasteiger partial charge in [0.1, 0.15) is 12.1 Å². The molecular weight excluding hydrogens is 337 g/mol. The maximum absolute atomic E-state index is 13.5. The van der Waals surface area contributed by atoms with Crippen LogP contribution in [0.15, 0.2) is 47.8 Å². The summed E-state index contributed by atoms with van der Waals surface area (Å²) >= 11 is 0. The fourth-order valence-electron chi connectivity index (χ4n) is 3.11. The number of nitrogens with zero attached hydrogens (tertiary/aromatic N) is 6. The molecule has 4 aromatic heterocycles. The van der Waals surface area contributed by atoms with E-state index in [4.69, 9.17) is 0 Å². The fourth-order valence-corrected chi connectivity index (χ4v) is 3.11. The normalized spacial score (nSPS) is 11.7. The summed E-state index contributed by atoms with van der Waals surface area (Å²) in [6.07, 6.45) is 5.43. The number of aromatic amines is 1. The summed E-state index contributed by atoms with van der Waals surface area (Å²) in [6, 6.07) is 6.29. The molecule has 0 amide bonds. The minimum absolute atomic E-state index is 0.161. The van der Waals surface area contributed by atoms with Crippen molar-refractivity contribution in [2.24, 2.45) is 0 Å². The van der Waals surface area contributed by atoms with Crippen LogP contribution in [0.25, 0.3) is 27.7 Å². The number of rotatable bonds is 3. The van der Waals surface area contributed by atoms with Crippen LogP contribution >= 0.6 is 0 Å². The van der Waals surface area contributed by atoms with E-state index >= 15 is 0 Å². The molecule has 5 aromatic rings. The van der Waals surface area contributed by atoms with Gasteiger partial charge in [-0.2, -0.15) is 9.61 Å². The van der Waals surface area contributed by atoms with Crippen molar-refractivity contribution in [1.82, 2.24) is 34.3 Å². The van der Waals surface area contributed by atoms with E-state index in [1.807, 2.05) is 6.20 Å². The van der Waals surface area contributed by atoms with Crippen molar-refractivity contribution < 1.29 is 4.39 Å². The average molecular weight is 349 g/mol. The molecule has 0 spiro atoms. The molecule has 128 valence electrons. The van der Waals surface area contributed by atoms with Gasteiger partial charge >= 0.3 is 0 Å². The molecule has 0 radical (unpaired) electrons. The van der Waals surface area contributed by atoms with Gasteiger partial charge in [-0.3, -0.25) is 9.36 Å². The molecule has 5 rings (SSSR count). The molecule has 0 atom stereocenters. The zero-order chi connectivity index (χ0) is 17.7. The minimum atomic E-state index is -0.290. The lowest BCUT2D eigenvalue weighted by Crippen LogP contribution is -2.23. The Balaban J connectivity index is 1.53. The highest BCUT2D eigenvalue weighted by Crippen LogP contribution is 2.20. The van der Waals surface area contributed by atoms with Crippen molar-refractivity contribution in [3.05, 3.63) is 64.7 Å². The Kier molecular flexibility index (Phi) is 3.08. The lowest BCUT2D eigenvalue weighted by molar-refractivity contribution is 0.629. The number of H-pyrrole nitrogens is 1. The van der Waals surface area contributed by atoms with E-state index in [0.717, 1.165) is 16.5 Å². The Morgan fingerprint density at radius 3 is 3.04 bits per heavy atom. The van der Waals surface area contributed by atoms with Gasteiger partial charge in [0.2, 0.25) is 0 Å². The smallest absolute Gasteiger partial charge is 0.283 e. The molecule has 4 heterocycles. The molecule has 9 heteroatoms. The van der Waals surface area contributed by atoms with Crippen molar-refractivity contribution >= 4 is 27.7 Å². The number of benzene rings is 1. The third kappa shape index (κ3) is 2.17. The topological polar surface area (TPSA) is 93.8 Å². The predicted octanol–water partition coefficient (Wildman–Crippen LogP) is 1.70. The Morgan fingerprint density at radius 1 is 1.19 bits per heavy atom. The molecule has 0 bridgehead atoms.